The summed E-state index contributed by atoms with van der Waals surface area (Å²) in [5.74, 6) is -0.501. The lowest BCUT2D eigenvalue weighted by atomic mass is 9.80. The SMILES string of the molecule is CCCCO[C@@H]1[C@@H](OCCCC)[C@@]2(c3ccc(Cl)c(Cc4ccc(OCC)cc4)c3)OC[C@](/C(C)=N/O)(O2)[C@H]1OCCCC. The Kier molecular flexibility index (Phi) is 12.9. The lowest BCUT2D eigenvalue weighted by molar-refractivity contribution is -0.334. The smallest absolute Gasteiger partial charge is 0.226 e. The highest BCUT2D eigenvalue weighted by Crippen LogP contribution is 2.53. The summed E-state index contributed by atoms with van der Waals surface area (Å²) < 4.78 is 39.2. The first kappa shape index (κ1) is 34.7. The van der Waals surface area contributed by atoms with Gasteiger partial charge in [-0.15, -0.1) is 0 Å². The van der Waals surface area contributed by atoms with E-state index in [0.29, 0.717) is 43.6 Å². The van der Waals surface area contributed by atoms with E-state index in [2.05, 4.69) is 25.9 Å². The van der Waals surface area contributed by atoms with Gasteiger partial charge in [-0.2, -0.15) is 0 Å². The molecule has 0 saturated carbocycles. The first-order valence-electron chi connectivity index (χ1n) is 16.3. The van der Waals surface area contributed by atoms with E-state index in [1.165, 1.54) is 0 Å². The van der Waals surface area contributed by atoms with Crippen LogP contribution in [0.2, 0.25) is 5.02 Å². The minimum absolute atomic E-state index is 0.123. The molecule has 2 aliphatic heterocycles. The molecule has 2 aromatic rings. The van der Waals surface area contributed by atoms with Crippen molar-refractivity contribution < 1.29 is 33.6 Å². The highest BCUT2D eigenvalue weighted by molar-refractivity contribution is 6.31. The summed E-state index contributed by atoms with van der Waals surface area (Å²) in [6.45, 7) is 12.4. The van der Waals surface area contributed by atoms with Crippen molar-refractivity contribution in [1.29, 1.82) is 0 Å². The quantitative estimate of drug-likeness (QED) is 0.0781. The van der Waals surface area contributed by atoms with Crippen molar-refractivity contribution >= 4 is 17.3 Å². The van der Waals surface area contributed by atoms with E-state index in [1.54, 1.807) is 6.92 Å². The standard InChI is InChI=1S/C35H50ClNO7/c1-6-10-19-40-31-32(41-20-11-7-2)34(25(5)37-38)24-43-35(44-34,33(31)42-21-12-8-3)28-15-18-30(36)27(23-28)22-26-13-16-29(17-14-26)39-9-4/h13-18,23,31-33,38H,6-12,19-22,24H2,1-5H3/b37-25+/t31-,32-,33+,34+,35-/m0/s1. The Bertz CT molecular complexity index is 1210. The number of ether oxygens (including phenoxy) is 6. The fourth-order valence-corrected chi connectivity index (χ4v) is 6.12. The average Bonchev–Trinajstić information content (AvgIpc) is 3.40. The average molecular weight is 632 g/mol. The monoisotopic (exact) mass is 631 g/mol. The molecule has 2 saturated heterocycles. The van der Waals surface area contributed by atoms with Crippen LogP contribution in [0, 0.1) is 0 Å². The fraction of sp³-hybridized carbons (Fsp3) is 0.629. The van der Waals surface area contributed by atoms with Crippen molar-refractivity contribution in [2.45, 2.75) is 109 Å². The lowest BCUT2D eigenvalue weighted by Gasteiger charge is -2.50. The normalized spacial score (nSPS) is 26.7. The molecule has 1 N–H and O–H groups in total. The molecule has 5 atom stereocenters. The second-order valence-corrected chi connectivity index (χ2v) is 12.1. The van der Waals surface area contributed by atoms with E-state index in [0.717, 1.165) is 61.0 Å². The van der Waals surface area contributed by atoms with Crippen molar-refractivity contribution in [3.63, 3.8) is 0 Å². The van der Waals surface area contributed by atoms with Gasteiger partial charge in [0.05, 0.1) is 18.9 Å². The third-order valence-corrected chi connectivity index (χ3v) is 8.87. The number of hydrogen-bond acceptors (Lipinski definition) is 8. The van der Waals surface area contributed by atoms with Crippen molar-refractivity contribution in [2.24, 2.45) is 5.16 Å². The molecule has 0 aromatic heterocycles. The van der Waals surface area contributed by atoms with Gasteiger partial charge in [-0.1, -0.05) is 75.0 Å². The van der Waals surface area contributed by atoms with E-state index in [9.17, 15) is 5.21 Å². The second-order valence-electron chi connectivity index (χ2n) is 11.7. The van der Waals surface area contributed by atoms with Gasteiger partial charge in [-0.25, -0.2) is 0 Å². The molecular formula is C35H50ClNO7. The Labute approximate surface area is 267 Å². The maximum absolute atomic E-state index is 10.1. The number of nitrogens with zero attached hydrogens (tertiary/aromatic N) is 1. The summed E-state index contributed by atoms with van der Waals surface area (Å²) in [4.78, 5) is 0. The van der Waals surface area contributed by atoms with Crippen LogP contribution >= 0.6 is 11.6 Å². The van der Waals surface area contributed by atoms with Gasteiger partial charge < -0.3 is 33.6 Å². The van der Waals surface area contributed by atoms with E-state index >= 15 is 0 Å². The second kappa shape index (κ2) is 16.4. The molecule has 4 rings (SSSR count). The van der Waals surface area contributed by atoms with Crippen LogP contribution in [0.4, 0.5) is 0 Å². The predicted molar refractivity (Wildman–Crippen MR) is 172 cm³/mol. The third kappa shape index (κ3) is 7.43. The lowest BCUT2D eigenvalue weighted by Crippen LogP contribution is -2.68. The number of rotatable bonds is 18. The number of hydrogen-bond donors (Lipinski definition) is 1. The minimum atomic E-state index is -1.33. The van der Waals surface area contributed by atoms with E-state index < -0.39 is 29.7 Å². The Morgan fingerprint density at radius 1 is 0.909 bits per heavy atom. The molecule has 0 radical (unpaired) electrons. The zero-order chi connectivity index (χ0) is 31.6. The van der Waals surface area contributed by atoms with Crippen LogP contribution < -0.4 is 4.74 Å². The summed E-state index contributed by atoms with van der Waals surface area (Å²) in [6.07, 6.45) is 4.43. The summed E-state index contributed by atoms with van der Waals surface area (Å²) in [5.41, 5.74) is 2.00. The molecule has 0 aliphatic carbocycles. The number of fused-ring (bicyclic) bond motifs is 2. The van der Waals surface area contributed by atoms with Crippen molar-refractivity contribution in [3.8, 4) is 5.75 Å². The molecular weight excluding hydrogens is 582 g/mol. The zero-order valence-electron chi connectivity index (χ0n) is 27.0. The highest BCUT2D eigenvalue weighted by Gasteiger charge is 2.70. The molecule has 2 bridgehead atoms. The molecule has 0 spiro atoms. The number of unbranched alkanes of at least 4 members (excludes halogenated alkanes) is 3. The largest absolute Gasteiger partial charge is 0.494 e. The molecule has 9 heteroatoms. The maximum Gasteiger partial charge on any atom is 0.226 e. The number of oxime groups is 1. The molecule has 8 nitrogen and oxygen atoms in total. The van der Waals surface area contributed by atoms with Crippen LogP contribution in [-0.2, 0) is 35.9 Å². The van der Waals surface area contributed by atoms with Gasteiger partial charge in [0.2, 0.25) is 5.79 Å². The van der Waals surface area contributed by atoms with Gasteiger partial charge in [0.1, 0.15) is 24.1 Å². The van der Waals surface area contributed by atoms with Gasteiger partial charge in [0.25, 0.3) is 0 Å². The van der Waals surface area contributed by atoms with Crippen LogP contribution in [0.1, 0.15) is 89.8 Å². The van der Waals surface area contributed by atoms with Gasteiger partial charge in [-0.05, 0) is 74.9 Å². The maximum atomic E-state index is 10.1. The minimum Gasteiger partial charge on any atom is -0.494 e. The number of halogens is 1. The molecule has 2 heterocycles. The molecule has 244 valence electrons. The van der Waals surface area contributed by atoms with E-state index in [4.69, 9.17) is 40.0 Å². The van der Waals surface area contributed by atoms with Crippen molar-refractivity contribution in [2.75, 3.05) is 33.0 Å². The van der Waals surface area contributed by atoms with Crippen molar-refractivity contribution in [1.82, 2.24) is 0 Å². The topological polar surface area (TPSA) is 88.0 Å². The Morgan fingerprint density at radius 2 is 1.55 bits per heavy atom. The summed E-state index contributed by atoms with van der Waals surface area (Å²) in [7, 11) is 0. The summed E-state index contributed by atoms with van der Waals surface area (Å²) >= 11 is 6.78. The highest BCUT2D eigenvalue weighted by atomic mass is 35.5. The zero-order valence-corrected chi connectivity index (χ0v) is 27.7. The molecule has 0 unspecified atom stereocenters. The van der Waals surface area contributed by atoms with E-state index in [-0.39, 0.29) is 6.61 Å². The van der Waals surface area contributed by atoms with Crippen LogP contribution in [0.3, 0.4) is 0 Å². The van der Waals surface area contributed by atoms with Crippen LogP contribution in [0.25, 0.3) is 0 Å². The van der Waals surface area contributed by atoms with Gasteiger partial charge in [-0.3, -0.25) is 0 Å². The van der Waals surface area contributed by atoms with Gasteiger partial charge in [0, 0.05) is 30.4 Å². The number of benzene rings is 2. The summed E-state index contributed by atoms with van der Waals surface area (Å²) in [6, 6.07) is 13.9. The molecule has 2 aliphatic rings. The van der Waals surface area contributed by atoms with Gasteiger partial charge in [0.15, 0.2) is 5.60 Å². The van der Waals surface area contributed by atoms with Crippen LogP contribution in [-0.4, -0.2) is 67.9 Å². The first-order chi connectivity index (χ1) is 21.4. The Balaban J connectivity index is 1.79. The Morgan fingerprint density at radius 3 is 2.16 bits per heavy atom. The van der Waals surface area contributed by atoms with E-state index in [1.807, 2.05) is 49.4 Å². The predicted octanol–water partition coefficient (Wildman–Crippen LogP) is 7.69. The fourth-order valence-electron chi connectivity index (χ4n) is 5.94. The molecule has 0 amide bonds. The third-order valence-electron chi connectivity index (χ3n) is 8.50. The Hall–Kier alpha value is -2.20. The van der Waals surface area contributed by atoms with Crippen LogP contribution in [0.15, 0.2) is 47.6 Å². The van der Waals surface area contributed by atoms with Gasteiger partial charge >= 0.3 is 0 Å². The summed E-state index contributed by atoms with van der Waals surface area (Å²) in [5, 5.41) is 14.4. The molecule has 2 aromatic carbocycles. The van der Waals surface area contributed by atoms with Crippen molar-refractivity contribution in [3.05, 3.63) is 64.2 Å². The first-order valence-corrected chi connectivity index (χ1v) is 16.7. The molecule has 44 heavy (non-hydrogen) atoms. The van der Waals surface area contributed by atoms with Crippen LogP contribution in [0.5, 0.6) is 5.75 Å². The molecule has 2 fully saturated rings.